The van der Waals surface area contributed by atoms with Gasteiger partial charge >= 0.3 is 0 Å². The van der Waals surface area contributed by atoms with Crippen molar-refractivity contribution in [1.82, 2.24) is 4.98 Å². The minimum Gasteiger partial charge on any atom is -0.392 e. The molecule has 6 nitrogen and oxygen atoms in total. The fraction of sp³-hybridized carbons (Fsp3) is 0.500. The maximum atomic E-state index is 11.4. The summed E-state index contributed by atoms with van der Waals surface area (Å²) in [5.41, 5.74) is 5.98. The highest BCUT2D eigenvalue weighted by molar-refractivity contribution is 5.90. The molecule has 0 radical (unpaired) electrons. The molecule has 0 aromatic carbocycles. The zero-order valence-corrected chi connectivity index (χ0v) is 10.5. The minimum absolute atomic E-state index is 0.0630. The molecule has 6 heteroatoms. The van der Waals surface area contributed by atoms with Crippen LogP contribution >= 0.6 is 0 Å². The van der Waals surface area contributed by atoms with Crippen LogP contribution < -0.4 is 16.4 Å². The third kappa shape index (κ3) is 5.60. The number of carbonyl (C=O) groups excluding carboxylic acids is 1. The van der Waals surface area contributed by atoms with E-state index in [1.54, 1.807) is 25.3 Å². The van der Waals surface area contributed by atoms with Crippen LogP contribution in [0.2, 0.25) is 0 Å². The summed E-state index contributed by atoms with van der Waals surface area (Å²) in [6, 6.07) is 3.51. The summed E-state index contributed by atoms with van der Waals surface area (Å²) in [4.78, 5) is 15.6. The van der Waals surface area contributed by atoms with Crippen LogP contribution in [0.3, 0.4) is 0 Å². The lowest BCUT2D eigenvalue weighted by Gasteiger charge is -2.08. The Morgan fingerprint density at radius 3 is 2.89 bits per heavy atom. The number of nitrogens with zero attached hydrogens (tertiary/aromatic N) is 1. The molecule has 0 aliphatic carbocycles. The Morgan fingerprint density at radius 1 is 1.56 bits per heavy atom. The molecule has 0 saturated heterocycles. The monoisotopic (exact) mass is 252 g/mol. The number of aliphatic hydroxyl groups is 1. The quantitative estimate of drug-likeness (QED) is 0.568. The van der Waals surface area contributed by atoms with E-state index in [9.17, 15) is 4.79 Å². The Labute approximate surface area is 107 Å². The number of rotatable bonds is 7. The highest BCUT2D eigenvalue weighted by atomic mass is 16.3. The van der Waals surface area contributed by atoms with Crippen LogP contribution in [0.5, 0.6) is 0 Å². The normalized spacial score (nSPS) is 11.9. The number of pyridine rings is 1. The average Bonchev–Trinajstić information content (AvgIpc) is 2.35. The van der Waals surface area contributed by atoms with Gasteiger partial charge < -0.3 is 21.5 Å². The van der Waals surface area contributed by atoms with Crippen molar-refractivity contribution in [3.63, 3.8) is 0 Å². The average molecular weight is 252 g/mol. The summed E-state index contributed by atoms with van der Waals surface area (Å²) >= 11 is 0. The first-order valence-electron chi connectivity index (χ1n) is 5.99. The molecule has 1 rings (SSSR count). The molecule has 5 N–H and O–H groups in total. The molecule has 0 saturated carbocycles. The minimum atomic E-state index is -0.428. The van der Waals surface area contributed by atoms with Gasteiger partial charge in [0.25, 0.3) is 0 Å². The fourth-order valence-corrected chi connectivity index (χ4v) is 1.31. The van der Waals surface area contributed by atoms with Crippen molar-refractivity contribution < 1.29 is 9.90 Å². The molecule has 1 atom stereocenters. The number of hydrogen-bond donors (Lipinski definition) is 4. The van der Waals surface area contributed by atoms with Gasteiger partial charge in [-0.15, -0.1) is 0 Å². The first kappa shape index (κ1) is 14.4. The molecule has 0 fully saturated rings. The number of aromatic nitrogens is 1. The third-order valence-electron chi connectivity index (χ3n) is 2.23. The van der Waals surface area contributed by atoms with Crippen molar-refractivity contribution in [2.75, 3.05) is 23.7 Å². The van der Waals surface area contributed by atoms with E-state index < -0.39 is 6.10 Å². The lowest BCUT2D eigenvalue weighted by Crippen LogP contribution is -2.16. The van der Waals surface area contributed by atoms with Crippen LogP contribution in [0.1, 0.15) is 19.8 Å². The highest BCUT2D eigenvalue weighted by Crippen LogP contribution is 2.10. The number of amides is 1. The summed E-state index contributed by atoms with van der Waals surface area (Å²) in [6.07, 6.45) is 2.23. The molecule has 1 unspecified atom stereocenters. The second kappa shape index (κ2) is 7.62. The highest BCUT2D eigenvalue weighted by Gasteiger charge is 2.02. The number of aliphatic hydroxyl groups excluding tert-OH is 1. The molecule has 0 bridgehead atoms. The van der Waals surface area contributed by atoms with Gasteiger partial charge in [-0.3, -0.25) is 4.79 Å². The van der Waals surface area contributed by atoms with E-state index in [1.807, 2.05) is 0 Å². The van der Waals surface area contributed by atoms with Gasteiger partial charge in [0.05, 0.1) is 18.0 Å². The second-order valence-corrected chi connectivity index (χ2v) is 4.10. The maximum absolute atomic E-state index is 11.4. The molecule has 0 aliphatic heterocycles. The van der Waals surface area contributed by atoms with Crippen LogP contribution in [0.4, 0.5) is 11.5 Å². The van der Waals surface area contributed by atoms with E-state index in [0.29, 0.717) is 37.4 Å². The lowest BCUT2D eigenvalue weighted by molar-refractivity contribution is -0.116. The van der Waals surface area contributed by atoms with Crippen LogP contribution in [0, 0.1) is 0 Å². The predicted molar refractivity (Wildman–Crippen MR) is 71.3 cm³/mol. The number of hydrogen-bond acceptors (Lipinski definition) is 5. The molecular weight excluding hydrogens is 232 g/mol. The lowest BCUT2D eigenvalue weighted by atomic mass is 10.3. The largest absolute Gasteiger partial charge is 0.392 e. The summed E-state index contributed by atoms with van der Waals surface area (Å²) in [5, 5.41) is 14.8. The van der Waals surface area contributed by atoms with Gasteiger partial charge in [0, 0.05) is 13.0 Å². The first-order valence-corrected chi connectivity index (χ1v) is 5.99. The molecule has 100 valence electrons. The fourth-order valence-electron chi connectivity index (χ4n) is 1.31. The van der Waals surface area contributed by atoms with Crippen LogP contribution in [0.15, 0.2) is 18.3 Å². The van der Waals surface area contributed by atoms with Gasteiger partial charge in [-0.2, -0.15) is 0 Å². The topological polar surface area (TPSA) is 100 Å². The Bertz CT molecular complexity index is 365. The van der Waals surface area contributed by atoms with Crippen molar-refractivity contribution in [1.29, 1.82) is 0 Å². The Morgan fingerprint density at radius 2 is 2.33 bits per heavy atom. The van der Waals surface area contributed by atoms with E-state index in [0.717, 1.165) is 0 Å². The molecule has 1 aromatic rings. The molecule has 1 heterocycles. The van der Waals surface area contributed by atoms with Gasteiger partial charge in [0.2, 0.25) is 5.91 Å². The Kier molecular flexibility index (Phi) is 6.10. The molecule has 0 aliphatic rings. The van der Waals surface area contributed by atoms with E-state index in [1.165, 1.54) is 0 Å². The number of anilines is 2. The number of carbonyl (C=O) groups is 1. The summed E-state index contributed by atoms with van der Waals surface area (Å²) in [5.74, 6) is 0.600. The van der Waals surface area contributed by atoms with Gasteiger partial charge in [-0.05, 0) is 32.0 Å². The van der Waals surface area contributed by atoms with Crippen molar-refractivity contribution in [2.45, 2.75) is 25.9 Å². The van der Waals surface area contributed by atoms with Crippen molar-refractivity contribution >= 4 is 17.4 Å². The van der Waals surface area contributed by atoms with Crippen LogP contribution in [-0.4, -0.2) is 35.2 Å². The van der Waals surface area contributed by atoms with Gasteiger partial charge in [-0.25, -0.2) is 4.98 Å². The smallest absolute Gasteiger partial charge is 0.224 e. The van der Waals surface area contributed by atoms with Gasteiger partial charge in [0.15, 0.2) is 0 Å². The molecule has 1 amide bonds. The van der Waals surface area contributed by atoms with Gasteiger partial charge in [-0.1, -0.05) is 0 Å². The zero-order valence-electron chi connectivity index (χ0n) is 10.5. The van der Waals surface area contributed by atoms with Crippen molar-refractivity contribution in [3.8, 4) is 0 Å². The number of nitrogens with one attached hydrogen (secondary N) is 2. The van der Waals surface area contributed by atoms with E-state index in [4.69, 9.17) is 10.8 Å². The van der Waals surface area contributed by atoms with Crippen LogP contribution in [-0.2, 0) is 4.79 Å². The molecule has 0 spiro atoms. The first-order chi connectivity index (χ1) is 8.61. The predicted octanol–water partition coefficient (Wildman–Crippen LogP) is 0.552. The standard InChI is InChI=1S/C12H20N4O2/c1-9(17)7-14-11-5-4-10(8-15-11)16-12(18)3-2-6-13/h4-5,8-9,17H,2-3,6-7,13H2,1H3,(H,14,15)(H,16,18). The third-order valence-corrected chi connectivity index (χ3v) is 2.23. The van der Waals surface area contributed by atoms with Crippen molar-refractivity contribution in [2.24, 2.45) is 5.73 Å². The molecular formula is C12H20N4O2. The van der Waals surface area contributed by atoms with Crippen LogP contribution in [0.25, 0.3) is 0 Å². The van der Waals surface area contributed by atoms with E-state index in [2.05, 4.69) is 15.6 Å². The van der Waals surface area contributed by atoms with E-state index >= 15 is 0 Å². The van der Waals surface area contributed by atoms with Gasteiger partial charge in [0.1, 0.15) is 5.82 Å². The zero-order chi connectivity index (χ0) is 13.4. The summed E-state index contributed by atoms with van der Waals surface area (Å²) in [6.45, 7) is 2.64. The Hall–Kier alpha value is -1.66. The maximum Gasteiger partial charge on any atom is 0.224 e. The SMILES string of the molecule is CC(O)CNc1ccc(NC(=O)CCCN)cn1. The van der Waals surface area contributed by atoms with E-state index in [-0.39, 0.29) is 5.91 Å². The second-order valence-electron chi connectivity index (χ2n) is 4.10. The summed E-state index contributed by atoms with van der Waals surface area (Å²) in [7, 11) is 0. The molecule has 18 heavy (non-hydrogen) atoms. The summed E-state index contributed by atoms with van der Waals surface area (Å²) < 4.78 is 0. The number of nitrogens with two attached hydrogens (primary N) is 1. The Balaban J connectivity index is 2.42. The van der Waals surface area contributed by atoms with Crippen molar-refractivity contribution in [3.05, 3.63) is 18.3 Å². The molecule has 1 aromatic heterocycles.